The molecule has 0 aromatic carbocycles. The van der Waals surface area contributed by atoms with E-state index in [1.54, 1.807) is 0 Å². The van der Waals surface area contributed by atoms with Gasteiger partial charge in [-0.15, -0.1) is 0 Å². The molecule has 0 aromatic heterocycles. The van der Waals surface area contributed by atoms with Crippen LogP contribution in [0.25, 0.3) is 0 Å². The third kappa shape index (κ3) is 2.39. The number of carbonyl (C=O) groups is 1. The Hall–Kier alpha value is -1.04. The zero-order valence-electron chi connectivity index (χ0n) is 10.9. The fourth-order valence-corrected chi connectivity index (χ4v) is 3.92. The molecule has 98 valence electrons. The number of amides is 1. The largest absolute Gasteiger partial charge is 0.340 e. The summed E-state index contributed by atoms with van der Waals surface area (Å²) >= 11 is 0. The van der Waals surface area contributed by atoms with Gasteiger partial charge in [-0.1, -0.05) is 19.3 Å². The van der Waals surface area contributed by atoms with E-state index in [2.05, 4.69) is 11.4 Å². The van der Waals surface area contributed by atoms with Gasteiger partial charge in [0, 0.05) is 5.92 Å². The summed E-state index contributed by atoms with van der Waals surface area (Å²) in [6, 6.07) is 2.08. The van der Waals surface area contributed by atoms with Gasteiger partial charge in [0.05, 0.1) is 6.07 Å². The highest BCUT2D eigenvalue weighted by Crippen LogP contribution is 2.54. The minimum atomic E-state index is -0.241. The second-order valence-corrected chi connectivity index (χ2v) is 6.44. The minimum absolute atomic E-state index is 0.152. The van der Waals surface area contributed by atoms with Crippen molar-refractivity contribution < 1.29 is 4.79 Å². The molecule has 0 radical (unpaired) electrons. The van der Waals surface area contributed by atoms with Gasteiger partial charge in [-0.2, -0.15) is 5.26 Å². The van der Waals surface area contributed by atoms with Crippen LogP contribution >= 0.6 is 0 Å². The average molecular weight is 246 g/mol. The van der Waals surface area contributed by atoms with Gasteiger partial charge in [0.1, 0.15) is 6.04 Å². The highest BCUT2D eigenvalue weighted by atomic mass is 16.1. The van der Waals surface area contributed by atoms with E-state index in [0.29, 0.717) is 5.92 Å². The van der Waals surface area contributed by atoms with Crippen LogP contribution < -0.4 is 5.32 Å². The van der Waals surface area contributed by atoms with Gasteiger partial charge in [0.15, 0.2) is 0 Å². The Morgan fingerprint density at radius 3 is 2.39 bits per heavy atom. The van der Waals surface area contributed by atoms with Crippen LogP contribution in [0, 0.1) is 35.0 Å². The van der Waals surface area contributed by atoms with Crippen LogP contribution in [-0.4, -0.2) is 11.9 Å². The molecule has 3 heteroatoms. The number of nitrogens with one attached hydrogen (secondary N) is 1. The average Bonchev–Trinajstić information content (AvgIpc) is 3.03. The normalized spacial score (nSPS) is 36.5. The lowest BCUT2D eigenvalue weighted by molar-refractivity contribution is -0.125. The van der Waals surface area contributed by atoms with Crippen LogP contribution in [0.5, 0.6) is 0 Å². The summed E-state index contributed by atoms with van der Waals surface area (Å²) in [4.78, 5) is 12.2. The zero-order chi connectivity index (χ0) is 12.5. The van der Waals surface area contributed by atoms with Gasteiger partial charge < -0.3 is 5.32 Å². The topological polar surface area (TPSA) is 52.9 Å². The number of carbonyl (C=O) groups excluding carboxylic acids is 1. The summed E-state index contributed by atoms with van der Waals surface area (Å²) in [5, 5.41) is 12.3. The number of nitriles is 1. The van der Waals surface area contributed by atoms with E-state index < -0.39 is 0 Å². The molecule has 3 aliphatic rings. The third-order valence-electron chi connectivity index (χ3n) is 5.17. The van der Waals surface area contributed by atoms with Crippen LogP contribution in [0.2, 0.25) is 0 Å². The Morgan fingerprint density at radius 2 is 1.78 bits per heavy atom. The van der Waals surface area contributed by atoms with E-state index in [9.17, 15) is 10.1 Å². The van der Waals surface area contributed by atoms with Crippen LogP contribution in [0.1, 0.15) is 51.4 Å². The Morgan fingerprint density at radius 1 is 1.11 bits per heavy atom. The van der Waals surface area contributed by atoms with E-state index in [4.69, 9.17) is 0 Å². The van der Waals surface area contributed by atoms with Gasteiger partial charge in [0.25, 0.3) is 0 Å². The molecule has 18 heavy (non-hydrogen) atoms. The molecule has 3 unspecified atom stereocenters. The highest BCUT2D eigenvalue weighted by Gasteiger charge is 2.48. The number of hydrogen-bond acceptors (Lipinski definition) is 2. The van der Waals surface area contributed by atoms with Crippen molar-refractivity contribution in [2.45, 2.75) is 57.4 Å². The molecule has 3 fully saturated rings. The van der Waals surface area contributed by atoms with Crippen molar-refractivity contribution in [3.05, 3.63) is 0 Å². The Kier molecular flexibility index (Phi) is 3.28. The highest BCUT2D eigenvalue weighted by molar-refractivity contribution is 5.79. The molecule has 0 heterocycles. The minimum Gasteiger partial charge on any atom is -0.340 e. The van der Waals surface area contributed by atoms with Gasteiger partial charge in [-0.05, 0) is 49.9 Å². The van der Waals surface area contributed by atoms with Crippen molar-refractivity contribution in [2.24, 2.45) is 23.7 Å². The summed E-state index contributed by atoms with van der Waals surface area (Å²) in [7, 11) is 0. The Balaban J connectivity index is 1.53. The Bertz CT molecular complexity index is 357. The molecule has 0 bridgehead atoms. The standard InChI is InChI=1S/C15H22N2O/c16-9-14(10-4-2-1-3-5-10)17-15(18)13-7-11-6-12(11)8-13/h10-14H,1-8H2,(H,17,18). The molecular formula is C15H22N2O. The lowest BCUT2D eigenvalue weighted by Gasteiger charge is -2.27. The molecule has 1 amide bonds. The molecule has 0 saturated heterocycles. The maximum atomic E-state index is 12.2. The lowest BCUT2D eigenvalue weighted by Crippen LogP contribution is -2.42. The molecule has 0 aliphatic heterocycles. The monoisotopic (exact) mass is 246 g/mol. The van der Waals surface area contributed by atoms with E-state index in [1.807, 2.05) is 0 Å². The molecule has 0 spiro atoms. The first kappa shape index (κ1) is 12.0. The zero-order valence-corrected chi connectivity index (χ0v) is 10.9. The third-order valence-corrected chi connectivity index (χ3v) is 5.17. The fraction of sp³-hybridized carbons (Fsp3) is 0.867. The molecular weight excluding hydrogens is 224 g/mol. The summed E-state index contributed by atoms with van der Waals surface area (Å²) in [6.45, 7) is 0. The first-order valence-corrected chi connectivity index (χ1v) is 7.48. The van der Waals surface area contributed by atoms with Crippen LogP contribution in [0.15, 0.2) is 0 Å². The predicted octanol–water partition coefficient (Wildman–Crippen LogP) is 2.62. The van der Waals surface area contributed by atoms with Crippen LogP contribution in [0.4, 0.5) is 0 Å². The molecule has 3 nitrogen and oxygen atoms in total. The first-order valence-electron chi connectivity index (χ1n) is 7.48. The number of hydrogen-bond donors (Lipinski definition) is 1. The van der Waals surface area contributed by atoms with Gasteiger partial charge >= 0.3 is 0 Å². The van der Waals surface area contributed by atoms with Crippen LogP contribution in [-0.2, 0) is 4.79 Å². The van der Waals surface area contributed by atoms with Crippen molar-refractivity contribution in [1.29, 1.82) is 5.26 Å². The molecule has 3 saturated carbocycles. The lowest BCUT2D eigenvalue weighted by atomic mass is 9.84. The van der Waals surface area contributed by atoms with Crippen molar-refractivity contribution in [3.63, 3.8) is 0 Å². The van der Waals surface area contributed by atoms with Crippen molar-refractivity contribution in [2.75, 3.05) is 0 Å². The molecule has 3 aliphatic carbocycles. The molecule has 0 aromatic rings. The number of fused-ring (bicyclic) bond motifs is 1. The predicted molar refractivity (Wildman–Crippen MR) is 68.4 cm³/mol. The summed E-state index contributed by atoms with van der Waals surface area (Å²) in [6.07, 6.45) is 9.41. The summed E-state index contributed by atoms with van der Waals surface area (Å²) < 4.78 is 0. The van der Waals surface area contributed by atoms with E-state index >= 15 is 0 Å². The second-order valence-electron chi connectivity index (χ2n) is 6.44. The van der Waals surface area contributed by atoms with Crippen molar-refractivity contribution >= 4 is 5.91 Å². The van der Waals surface area contributed by atoms with E-state index in [0.717, 1.165) is 37.5 Å². The maximum Gasteiger partial charge on any atom is 0.224 e. The SMILES string of the molecule is N#CC(NC(=O)C1CC2CC2C1)C1CCCCC1. The smallest absolute Gasteiger partial charge is 0.224 e. The van der Waals surface area contributed by atoms with Crippen molar-refractivity contribution in [1.82, 2.24) is 5.32 Å². The Labute approximate surface area is 109 Å². The molecule has 3 atom stereocenters. The van der Waals surface area contributed by atoms with Gasteiger partial charge in [-0.25, -0.2) is 0 Å². The maximum absolute atomic E-state index is 12.2. The second kappa shape index (κ2) is 4.91. The van der Waals surface area contributed by atoms with Crippen molar-refractivity contribution in [3.8, 4) is 6.07 Å². The fourth-order valence-electron chi connectivity index (χ4n) is 3.92. The quantitative estimate of drug-likeness (QED) is 0.832. The summed E-state index contributed by atoms with van der Waals surface area (Å²) in [5.41, 5.74) is 0. The molecule has 1 N–H and O–H groups in total. The molecule has 3 rings (SSSR count). The van der Waals surface area contributed by atoms with E-state index in [-0.39, 0.29) is 17.9 Å². The van der Waals surface area contributed by atoms with Gasteiger partial charge in [0.2, 0.25) is 5.91 Å². The van der Waals surface area contributed by atoms with E-state index in [1.165, 1.54) is 25.7 Å². The first-order chi connectivity index (χ1) is 8.78. The number of nitrogens with zero attached hydrogens (tertiary/aromatic N) is 1. The van der Waals surface area contributed by atoms with Gasteiger partial charge in [-0.3, -0.25) is 4.79 Å². The summed E-state index contributed by atoms with van der Waals surface area (Å²) in [5.74, 6) is 2.41. The number of rotatable bonds is 3. The van der Waals surface area contributed by atoms with Crippen LogP contribution in [0.3, 0.4) is 0 Å².